The van der Waals surface area contributed by atoms with Gasteiger partial charge < -0.3 is 15.4 Å². The van der Waals surface area contributed by atoms with Gasteiger partial charge in [-0.2, -0.15) is 0 Å². The summed E-state index contributed by atoms with van der Waals surface area (Å²) < 4.78 is 6.55. The van der Waals surface area contributed by atoms with E-state index in [-0.39, 0.29) is 18.1 Å². The lowest BCUT2D eigenvalue weighted by molar-refractivity contribution is 0.0730. The van der Waals surface area contributed by atoms with Gasteiger partial charge in [-0.1, -0.05) is 0 Å². The topological polar surface area (TPSA) is 63.2 Å². The highest BCUT2D eigenvalue weighted by molar-refractivity contribution is 9.10. The van der Waals surface area contributed by atoms with Crippen molar-refractivity contribution in [2.24, 2.45) is 5.92 Å². The smallest absolute Gasteiger partial charge is 0.255 e. The zero-order valence-corrected chi connectivity index (χ0v) is 12.9. The summed E-state index contributed by atoms with van der Waals surface area (Å²) in [5, 5.41) is 6.05. The third kappa shape index (κ3) is 2.81. The van der Waals surface area contributed by atoms with Gasteiger partial charge in [0.15, 0.2) is 0 Å². The molecule has 0 aromatic carbocycles. The minimum atomic E-state index is -0.0932. The van der Waals surface area contributed by atoms with E-state index in [1.54, 1.807) is 19.3 Å². The standard InChI is InChI=1S/C14H18BrN3O2/c1-16-13-10(6-9(15)7-17-13)14(19)18-11-4-5-20-12(11)8-2-3-8/h6-8,11-12H,2-5H2,1H3,(H,16,17)(H,18,19). The lowest BCUT2D eigenvalue weighted by Crippen LogP contribution is -2.41. The molecule has 2 unspecified atom stereocenters. The summed E-state index contributed by atoms with van der Waals surface area (Å²) in [6.45, 7) is 0.738. The van der Waals surface area contributed by atoms with Crippen LogP contribution in [-0.2, 0) is 4.74 Å². The Hall–Kier alpha value is -1.14. The predicted octanol–water partition coefficient (Wildman–Crippen LogP) is 2.18. The van der Waals surface area contributed by atoms with Gasteiger partial charge in [0.25, 0.3) is 5.91 Å². The molecule has 1 aromatic rings. The van der Waals surface area contributed by atoms with Gasteiger partial charge in [-0.05, 0) is 47.2 Å². The van der Waals surface area contributed by atoms with E-state index in [0.717, 1.165) is 17.5 Å². The van der Waals surface area contributed by atoms with Crippen molar-refractivity contribution in [1.29, 1.82) is 0 Å². The van der Waals surface area contributed by atoms with Crippen molar-refractivity contribution >= 4 is 27.7 Å². The van der Waals surface area contributed by atoms with Gasteiger partial charge in [0, 0.05) is 24.3 Å². The molecule has 2 fully saturated rings. The van der Waals surface area contributed by atoms with Gasteiger partial charge in [-0.25, -0.2) is 4.98 Å². The number of anilines is 1. The number of halogens is 1. The maximum atomic E-state index is 12.5. The summed E-state index contributed by atoms with van der Waals surface area (Å²) in [4.78, 5) is 16.7. The van der Waals surface area contributed by atoms with E-state index in [4.69, 9.17) is 4.74 Å². The van der Waals surface area contributed by atoms with Crippen molar-refractivity contribution in [3.8, 4) is 0 Å². The Bertz CT molecular complexity index is 519. The molecule has 2 N–H and O–H groups in total. The van der Waals surface area contributed by atoms with Crippen molar-refractivity contribution in [3.63, 3.8) is 0 Å². The number of nitrogens with one attached hydrogen (secondary N) is 2. The Morgan fingerprint density at radius 1 is 1.45 bits per heavy atom. The van der Waals surface area contributed by atoms with Crippen LogP contribution in [0.25, 0.3) is 0 Å². The van der Waals surface area contributed by atoms with Crippen molar-refractivity contribution in [2.75, 3.05) is 19.0 Å². The first-order chi connectivity index (χ1) is 9.69. The van der Waals surface area contributed by atoms with Crippen molar-refractivity contribution in [2.45, 2.75) is 31.4 Å². The van der Waals surface area contributed by atoms with Crippen LogP contribution in [-0.4, -0.2) is 36.7 Å². The van der Waals surface area contributed by atoms with Crippen LogP contribution in [0.3, 0.4) is 0 Å². The third-order valence-corrected chi connectivity index (χ3v) is 4.31. The van der Waals surface area contributed by atoms with Crippen LogP contribution in [0.5, 0.6) is 0 Å². The molecule has 1 aliphatic heterocycles. The Kier molecular flexibility index (Phi) is 3.94. The van der Waals surface area contributed by atoms with E-state index in [1.165, 1.54) is 12.8 Å². The minimum absolute atomic E-state index is 0.0932. The van der Waals surface area contributed by atoms with Crippen LogP contribution < -0.4 is 10.6 Å². The number of amides is 1. The minimum Gasteiger partial charge on any atom is -0.376 e. The number of aromatic nitrogens is 1. The van der Waals surface area contributed by atoms with Crippen LogP contribution in [0.15, 0.2) is 16.7 Å². The highest BCUT2D eigenvalue weighted by Crippen LogP contribution is 2.38. The second kappa shape index (κ2) is 5.69. The third-order valence-electron chi connectivity index (χ3n) is 3.87. The lowest BCUT2D eigenvalue weighted by atomic mass is 10.1. The highest BCUT2D eigenvalue weighted by Gasteiger charge is 2.41. The molecule has 0 spiro atoms. The van der Waals surface area contributed by atoms with Gasteiger partial charge in [0.05, 0.1) is 17.7 Å². The molecule has 1 aromatic heterocycles. The molecule has 2 atom stereocenters. The van der Waals surface area contributed by atoms with Crippen LogP contribution in [0.2, 0.25) is 0 Å². The molecule has 108 valence electrons. The lowest BCUT2D eigenvalue weighted by Gasteiger charge is -2.20. The molecule has 1 saturated heterocycles. The van der Waals surface area contributed by atoms with Crippen LogP contribution >= 0.6 is 15.9 Å². The molecule has 5 nitrogen and oxygen atoms in total. The number of pyridine rings is 1. The van der Waals surface area contributed by atoms with E-state index in [0.29, 0.717) is 17.3 Å². The number of carbonyl (C=O) groups excluding carboxylic acids is 1. The van der Waals surface area contributed by atoms with Gasteiger partial charge >= 0.3 is 0 Å². The molecule has 2 heterocycles. The van der Waals surface area contributed by atoms with E-state index < -0.39 is 0 Å². The predicted molar refractivity (Wildman–Crippen MR) is 79.8 cm³/mol. The van der Waals surface area contributed by atoms with Gasteiger partial charge in [-0.3, -0.25) is 4.79 Å². The summed E-state index contributed by atoms with van der Waals surface area (Å²) in [6, 6.07) is 1.91. The van der Waals surface area contributed by atoms with E-state index >= 15 is 0 Å². The van der Waals surface area contributed by atoms with Crippen molar-refractivity contribution in [3.05, 3.63) is 22.3 Å². The zero-order chi connectivity index (χ0) is 14.1. The fraction of sp³-hybridized carbons (Fsp3) is 0.571. The number of rotatable bonds is 4. The first-order valence-electron chi connectivity index (χ1n) is 6.95. The molecule has 0 bridgehead atoms. The second-order valence-corrected chi connectivity index (χ2v) is 6.26. The van der Waals surface area contributed by atoms with E-state index in [9.17, 15) is 4.79 Å². The largest absolute Gasteiger partial charge is 0.376 e. The SMILES string of the molecule is CNc1ncc(Br)cc1C(=O)NC1CCOC1C1CC1. The summed E-state index contributed by atoms with van der Waals surface area (Å²) in [5.74, 6) is 1.13. The Morgan fingerprint density at radius 3 is 2.95 bits per heavy atom. The highest BCUT2D eigenvalue weighted by atomic mass is 79.9. The van der Waals surface area contributed by atoms with E-state index in [2.05, 4.69) is 31.5 Å². The molecule has 1 saturated carbocycles. The maximum Gasteiger partial charge on any atom is 0.255 e. The van der Waals surface area contributed by atoms with Gasteiger partial charge in [-0.15, -0.1) is 0 Å². The molecule has 1 aliphatic carbocycles. The average molecular weight is 340 g/mol. The average Bonchev–Trinajstić information content (AvgIpc) is 3.19. The fourth-order valence-electron chi connectivity index (χ4n) is 2.71. The zero-order valence-electron chi connectivity index (χ0n) is 11.4. The molecule has 6 heteroatoms. The molecule has 3 rings (SSSR count). The number of hydrogen-bond donors (Lipinski definition) is 2. The Labute approximate surface area is 126 Å². The number of nitrogens with zero attached hydrogens (tertiary/aromatic N) is 1. The monoisotopic (exact) mass is 339 g/mol. The van der Waals surface area contributed by atoms with Gasteiger partial charge in [0.1, 0.15) is 5.82 Å². The summed E-state index contributed by atoms with van der Waals surface area (Å²) in [6.07, 6.45) is 5.20. The van der Waals surface area contributed by atoms with Crippen molar-refractivity contribution in [1.82, 2.24) is 10.3 Å². The van der Waals surface area contributed by atoms with Gasteiger partial charge in [0.2, 0.25) is 0 Å². The van der Waals surface area contributed by atoms with Crippen molar-refractivity contribution < 1.29 is 9.53 Å². The summed E-state index contributed by atoms with van der Waals surface area (Å²) in [7, 11) is 1.76. The molecular weight excluding hydrogens is 322 g/mol. The normalized spacial score (nSPS) is 25.5. The Morgan fingerprint density at radius 2 is 2.25 bits per heavy atom. The van der Waals surface area contributed by atoms with Crippen LogP contribution in [0, 0.1) is 5.92 Å². The molecule has 1 amide bonds. The van der Waals surface area contributed by atoms with Crippen LogP contribution in [0.4, 0.5) is 5.82 Å². The number of carbonyl (C=O) groups is 1. The molecule has 2 aliphatic rings. The first-order valence-corrected chi connectivity index (χ1v) is 7.74. The molecule has 0 radical (unpaired) electrons. The second-order valence-electron chi connectivity index (χ2n) is 5.34. The molecule has 20 heavy (non-hydrogen) atoms. The molecular formula is C14H18BrN3O2. The first kappa shape index (κ1) is 13.8. The maximum absolute atomic E-state index is 12.5. The Balaban J connectivity index is 1.74. The quantitative estimate of drug-likeness (QED) is 0.882. The summed E-state index contributed by atoms with van der Waals surface area (Å²) >= 11 is 3.36. The fourth-order valence-corrected chi connectivity index (χ4v) is 3.04. The number of ether oxygens (including phenoxy) is 1. The van der Waals surface area contributed by atoms with E-state index in [1.807, 2.05) is 0 Å². The number of hydrogen-bond acceptors (Lipinski definition) is 4. The van der Waals surface area contributed by atoms with Crippen LogP contribution in [0.1, 0.15) is 29.6 Å². The summed E-state index contributed by atoms with van der Waals surface area (Å²) in [5.41, 5.74) is 0.559.